The Bertz CT molecular complexity index is 1230. The van der Waals surface area contributed by atoms with Gasteiger partial charge in [0.2, 0.25) is 0 Å². The van der Waals surface area contributed by atoms with Crippen molar-refractivity contribution in [3.8, 4) is 11.5 Å². The average molecular weight is 445 g/mol. The molecule has 0 radical (unpaired) electrons. The first-order valence-electron chi connectivity index (χ1n) is 10.2. The molecule has 5 nitrogen and oxygen atoms in total. The third kappa shape index (κ3) is 4.55. The van der Waals surface area contributed by atoms with Crippen LogP contribution in [0.2, 0.25) is 0 Å². The van der Waals surface area contributed by atoms with Crippen LogP contribution in [0.25, 0.3) is 6.08 Å². The lowest BCUT2D eigenvalue weighted by Gasteiger charge is -2.16. The van der Waals surface area contributed by atoms with Gasteiger partial charge in [0.15, 0.2) is 5.17 Å². The second kappa shape index (κ2) is 9.32. The third-order valence-corrected chi connectivity index (χ3v) is 5.98. The first-order valence-corrected chi connectivity index (χ1v) is 11.0. The van der Waals surface area contributed by atoms with E-state index < -0.39 is 0 Å². The van der Waals surface area contributed by atoms with Gasteiger partial charge in [-0.25, -0.2) is 4.99 Å². The highest BCUT2D eigenvalue weighted by molar-refractivity contribution is 8.19. The predicted molar refractivity (Wildman–Crippen MR) is 132 cm³/mol. The number of amides is 1. The minimum absolute atomic E-state index is 0.128. The molecule has 32 heavy (non-hydrogen) atoms. The Kier molecular flexibility index (Phi) is 6.32. The van der Waals surface area contributed by atoms with Crippen LogP contribution >= 0.6 is 11.8 Å². The number of hydrogen-bond donors (Lipinski definition) is 0. The van der Waals surface area contributed by atoms with Gasteiger partial charge >= 0.3 is 0 Å². The molecule has 0 N–H and O–H groups in total. The number of carbonyl (C=O) groups is 1. The largest absolute Gasteiger partial charge is 0.497 e. The molecule has 1 aliphatic rings. The molecular formula is C26H24N2O3S. The number of aliphatic imine (C=N–C) groups is 1. The lowest BCUT2D eigenvalue weighted by molar-refractivity contribution is -0.113. The van der Waals surface area contributed by atoms with Gasteiger partial charge in [-0.05, 0) is 85.3 Å². The number of rotatable bonds is 5. The SMILES string of the molecule is COc1ccc(OC)c(/C=C2\SC(=Nc3cccc(C)c3)N(c3cccc(C)c3)C2=O)c1. The van der Waals surface area contributed by atoms with Crippen LogP contribution in [0.3, 0.4) is 0 Å². The molecule has 1 aliphatic heterocycles. The number of ether oxygens (including phenoxy) is 2. The fourth-order valence-corrected chi connectivity index (χ4v) is 4.44. The Morgan fingerprint density at radius 2 is 1.66 bits per heavy atom. The second-order valence-corrected chi connectivity index (χ2v) is 8.44. The van der Waals surface area contributed by atoms with Crippen LogP contribution in [0.4, 0.5) is 11.4 Å². The summed E-state index contributed by atoms with van der Waals surface area (Å²) in [5.41, 5.74) is 4.54. The molecule has 1 heterocycles. The maximum absolute atomic E-state index is 13.5. The first-order chi connectivity index (χ1) is 15.5. The maximum atomic E-state index is 13.5. The zero-order chi connectivity index (χ0) is 22.7. The molecule has 3 aromatic carbocycles. The van der Waals surface area contributed by atoms with E-state index in [1.54, 1.807) is 19.1 Å². The summed E-state index contributed by atoms with van der Waals surface area (Å²) in [5, 5.41) is 0.610. The minimum Gasteiger partial charge on any atom is -0.497 e. The Morgan fingerprint density at radius 3 is 2.34 bits per heavy atom. The van der Waals surface area contributed by atoms with Gasteiger partial charge in [-0.2, -0.15) is 0 Å². The standard InChI is InChI=1S/C26H24N2O3S/c1-17-7-5-9-20(13-17)27-26-28(21-10-6-8-18(2)14-21)25(29)24(32-26)16-19-15-22(30-3)11-12-23(19)31-4/h5-16H,1-4H3/b24-16-,27-26?. The number of methoxy groups -OCH3 is 2. The van der Waals surface area contributed by atoms with Gasteiger partial charge in [-0.3, -0.25) is 9.69 Å². The van der Waals surface area contributed by atoms with Crippen molar-refractivity contribution in [3.63, 3.8) is 0 Å². The zero-order valence-electron chi connectivity index (χ0n) is 18.5. The van der Waals surface area contributed by atoms with Crippen molar-refractivity contribution in [1.82, 2.24) is 0 Å². The van der Waals surface area contributed by atoms with Gasteiger partial charge in [-0.1, -0.05) is 24.3 Å². The highest BCUT2D eigenvalue weighted by Crippen LogP contribution is 2.39. The molecule has 1 amide bonds. The van der Waals surface area contributed by atoms with Crippen LogP contribution in [0.15, 0.2) is 76.6 Å². The number of nitrogens with zero attached hydrogens (tertiary/aromatic N) is 2. The van der Waals surface area contributed by atoms with Crippen LogP contribution in [0.1, 0.15) is 16.7 Å². The van der Waals surface area contributed by atoms with Gasteiger partial charge in [0.05, 0.1) is 30.5 Å². The number of carbonyl (C=O) groups excluding carboxylic acids is 1. The summed E-state index contributed by atoms with van der Waals surface area (Å²) in [6, 6.07) is 21.3. The van der Waals surface area contributed by atoms with E-state index in [-0.39, 0.29) is 5.91 Å². The Hall–Kier alpha value is -3.51. The minimum atomic E-state index is -0.128. The molecule has 6 heteroatoms. The summed E-state index contributed by atoms with van der Waals surface area (Å²) < 4.78 is 10.8. The quantitative estimate of drug-likeness (QED) is 0.444. The number of benzene rings is 3. The summed E-state index contributed by atoms with van der Waals surface area (Å²) in [7, 11) is 3.22. The van der Waals surface area contributed by atoms with E-state index >= 15 is 0 Å². The molecule has 0 aromatic heterocycles. The number of anilines is 1. The summed E-state index contributed by atoms with van der Waals surface area (Å²) >= 11 is 1.35. The normalized spacial score (nSPS) is 16.1. The monoisotopic (exact) mass is 444 g/mol. The van der Waals surface area contributed by atoms with Crippen molar-refractivity contribution in [3.05, 3.63) is 88.3 Å². The lowest BCUT2D eigenvalue weighted by atomic mass is 10.1. The Morgan fingerprint density at radius 1 is 0.906 bits per heavy atom. The average Bonchev–Trinajstić information content (AvgIpc) is 3.08. The lowest BCUT2D eigenvalue weighted by Crippen LogP contribution is -2.28. The highest BCUT2D eigenvalue weighted by Gasteiger charge is 2.35. The fourth-order valence-electron chi connectivity index (χ4n) is 3.44. The number of thioether (sulfide) groups is 1. The van der Waals surface area contributed by atoms with Crippen molar-refractivity contribution >= 4 is 40.3 Å². The highest BCUT2D eigenvalue weighted by atomic mass is 32.2. The molecule has 162 valence electrons. The molecule has 0 saturated carbocycles. The van der Waals surface area contributed by atoms with Crippen molar-refractivity contribution < 1.29 is 14.3 Å². The van der Waals surface area contributed by atoms with Crippen LogP contribution < -0.4 is 14.4 Å². The van der Waals surface area contributed by atoms with Crippen molar-refractivity contribution in [1.29, 1.82) is 0 Å². The van der Waals surface area contributed by atoms with Crippen LogP contribution in [-0.4, -0.2) is 25.3 Å². The van der Waals surface area contributed by atoms with Gasteiger partial charge in [-0.15, -0.1) is 0 Å². The van der Waals surface area contributed by atoms with E-state index in [1.165, 1.54) is 11.8 Å². The molecule has 1 saturated heterocycles. The second-order valence-electron chi connectivity index (χ2n) is 7.43. The van der Waals surface area contributed by atoms with Gasteiger partial charge in [0.1, 0.15) is 11.5 Å². The number of amidine groups is 1. The predicted octanol–water partition coefficient (Wildman–Crippen LogP) is 6.13. The Balaban J connectivity index is 1.82. The Labute approximate surface area is 192 Å². The molecule has 0 unspecified atom stereocenters. The fraction of sp³-hybridized carbons (Fsp3) is 0.154. The van der Waals surface area contributed by atoms with Crippen molar-refractivity contribution in [2.24, 2.45) is 4.99 Å². The van der Waals surface area contributed by atoms with E-state index in [4.69, 9.17) is 14.5 Å². The van der Waals surface area contributed by atoms with Crippen LogP contribution in [0.5, 0.6) is 11.5 Å². The van der Waals surface area contributed by atoms with Gasteiger partial charge in [0.25, 0.3) is 5.91 Å². The van der Waals surface area contributed by atoms with E-state index in [2.05, 4.69) is 0 Å². The van der Waals surface area contributed by atoms with E-state index in [9.17, 15) is 4.79 Å². The molecule has 0 bridgehead atoms. The third-order valence-electron chi connectivity index (χ3n) is 5.02. The van der Waals surface area contributed by atoms with E-state index in [1.807, 2.05) is 86.7 Å². The molecule has 1 fully saturated rings. The topological polar surface area (TPSA) is 51.1 Å². The summed E-state index contributed by atoms with van der Waals surface area (Å²) in [4.78, 5) is 20.6. The number of hydrogen-bond acceptors (Lipinski definition) is 5. The molecule has 3 aromatic rings. The van der Waals surface area contributed by atoms with E-state index in [0.717, 1.165) is 28.1 Å². The number of aryl methyl sites for hydroxylation is 2. The smallest absolute Gasteiger partial charge is 0.271 e. The van der Waals surface area contributed by atoms with E-state index in [0.29, 0.717) is 21.6 Å². The molecular weight excluding hydrogens is 420 g/mol. The van der Waals surface area contributed by atoms with Gasteiger partial charge in [0, 0.05) is 5.56 Å². The zero-order valence-corrected chi connectivity index (χ0v) is 19.3. The molecule has 0 atom stereocenters. The molecule has 4 rings (SSSR count). The van der Waals surface area contributed by atoms with Gasteiger partial charge < -0.3 is 9.47 Å². The van der Waals surface area contributed by atoms with Crippen LogP contribution in [0, 0.1) is 13.8 Å². The van der Waals surface area contributed by atoms with Crippen molar-refractivity contribution in [2.75, 3.05) is 19.1 Å². The summed E-state index contributed by atoms with van der Waals surface area (Å²) in [6.07, 6.45) is 1.83. The maximum Gasteiger partial charge on any atom is 0.271 e. The van der Waals surface area contributed by atoms with Crippen molar-refractivity contribution in [2.45, 2.75) is 13.8 Å². The summed E-state index contributed by atoms with van der Waals surface area (Å²) in [5.74, 6) is 1.23. The summed E-state index contributed by atoms with van der Waals surface area (Å²) in [6.45, 7) is 4.03. The molecule has 0 spiro atoms. The van der Waals surface area contributed by atoms with Crippen LogP contribution in [-0.2, 0) is 4.79 Å². The molecule has 0 aliphatic carbocycles. The first kappa shape index (κ1) is 21.7.